The Morgan fingerprint density at radius 1 is 1.50 bits per heavy atom. The van der Waals surface area contributed by atoms with E-state index in [2.05, 4.69) is 29.6 Å². The van der Waals surface area contributed by atoms with Crippen molar-refractivity contribution < 1.29 is 0 Å². The van der Waals surface area contributed by atoms with E-state index in [1.165, 1.54) is 16.2 Å². The number of hydrogen-bond acceptors (Lipinski definition) is 2. The van der Waals surface area contributed by atoms with Crippen LogP contribution >= 0.6 is 11.8 Å². The van der Waals surface area contributed by atoms with E-state index in [-0.39, 0.29) is 0 Å². The molecule has 1 aliphatic heterocycles. The highest BCUT2D eigenvalue weighted by atomic mass is 32.2. The molecule has 1 aromatic rings. The highest BCUT2D eigenvalue weighted by Crippen LogP contribution is 2.38. The summed E-state index contributed by atoms with van der Waals surface area (Å²) in [5.41, 5.74) is 1.52. The fourth-order valence-corrected chi connectivity index (χ4v) is 2.90. The number of fused-ring (bicyclic) bond motifs is 1. The SMILES string of the molecule is CNCC1CSc2ccccc21. The van der Waals surface area contributed by atoms with Gasteiger partial charge < -0.3 is 5.32 Å². The van der Waals surface area contributed by atoms with E-state index in [9.17, 15) is 0 Å². The van der Waals surface area contributed by atoms with E-state index in [1.54, 1.807) is 0 Å². The van der Waals surface area contributed by atoms with E-state index < -0.39 is 0 Å². The second-order valence-corrected chi connectivity index (χ2v) is 4.17. The van der Waals surface area contributed by atoms with Crippen molar-refractivity contribution in [2.75, 3.05) is 19.3 Å². The molecule has 0 radical (unpaired) electrons. The Hall–Kier alpha value is -0.470. The summed E-state index contributed by atoms with van der Waals surface area (Å²) in [6.07, 6.45) is 0. The van der Waals surface area contributed by atoms with Gasteiger partial charge in [-0.15, -0.1) is 11.8 Å². The van der Waals surface area contributed by atoms with Crippen LogP contribution in [0.2, 0.25) is 0 Å². The zero-order valence-electron chi connectivity index (χ0n) is 7.21. The maximum Gasteiger partial charge on any atom is 0.0108 e. The molecule has 1 aliphatic rings. The van der Waals surface area contributed by atoms with Crippen molar-refractivity contribution in [3.63, 3.8) is 0 Å². The van der Waals surface area contributed by atoms with Crippen molar-refractivity contribution in [2.24, 2.45) is 0 Å². The average Bonchev–Trinajstić information content (AvgIpc) is 2.50. The summed E-state index contributed by atoms with van der Waals surface area (Å²) in [7, 11) is 2.02. The van der Waals surface area contributed by atoms with Crippen LogP contribution in [-0.2, 0) is 0 Å². The van der Waals surface area contributed by atoms with E-state index in [0.29, 0.717) is 0 Å². The first-order valence-electron chi connectivity index (χ1n) is 4.28. The van der Waals surface area contributed by atoms with Crippen LogP contribution in [0, 0.1) is 0 Å². The Morgan fingerprint density at radius 3 is 3.17 bits per heavy atom. The molecule has 1 unspecified atom stereocenters. The lowest BCUT2D eigenvalue weighted by molar-refractivity contribution is 0.687. The van der Waals surface area contributed by atoms with Crippen molar-refractivity contribution in [3.8, 4) is 0 Å². The van der Waals surface area contributed by atoms with Gasteiger partial charge in [-0.1, -0.05) is 18.2 Å². The molecule has 1 atom stereocenters. The van der Waals surface area contributed by atoms with Gasteiger partial charge in [-0.2, -0.15) is 0 Å². The first-order chi connectivity index (χ1) is 5.92. The lowest BCUT2D eigenvalue weighted by Gasteiger charge is -2.08. The fraction of sp³-hybridized carbons (Fsp3) is 0.400. The second kappa shape index (κ2) is 3.50. The van der Waals surface area contributed by atoms with E-state index in [1.807, 2.05) is 18.8 Å². The van der Waals surface area contributed by atoms with E-state index >= 15 is 0 Å². The van der Waals surface area contributed by atoms with Crippen molar-refractivity contribution in [1.82, 2.24) is 5.32 Å². The van der Waals surface area contributed by atoms with Gasteiger partial charge in [-0.3, -0.25) is 0 Å². The molecule has 0 saturated heterocycles. The summed E-state index contributed by atoms with van der Waals surface area (Å²) in [5.74, 6) is 1.95. The van der Waals surface area contributed by atoms with Gasteiger partial charge in [0, 0.05) is 23.1 Å². The maximum absolute atomic E-state index is 3.24. The van der Waals surface area contributed by atoms with Crippen LogP contribution in [0.25, 0.3) is 0 Å². The quantitative estimate of drug-likeness (QED) is 0.746. The number of thioether (sulfide) groups is 1. The van der Waals surface area contributed by atoms with Crippen LogP contribution < -0.4 is 5.32 Å². The standard InChI is InChI=1S/C10H13NS/c1-11-6-8-7-12-10-5-3-2-4-9(8)10/h2-5,8,11H,6-7H2,1H3. The van der Waals surface area contributed by atoms with Crippen LogP contribution in [0.4, 0.5) is 0 Å². The molecular weight excluding hydrogens is 166 g/mol. The van der Waals surface area contributed by atoms with Crippen molar-refractivity contribution in [2.45, 2.75) is 10.8 Å². The predicted octanol–water partition coefficient (Wildman–Crippen LogP) is 2.10. The fourth-order valence-electron chi connectivity index (χ4n) is 1.64. The molecule has 0 spiro atoms. The second-order valence-electron chi connectivity index (χ2n) is 3.10. The van der Waals surface area contributed by atoms with Crippen molar-refractivity contribution in [3.05, 3.63) is 29.8 Å². The van der Waals surface area contributed by atoms with Gasteiger partial charge in [0.1, 0.15) is 0 Å². The third kappa shape index (κ3) is 1.37. The molecule has 1 heterocycles. The zero-order valence-corrected chi connectivity index (χ0v) is 8.03. The highest BCUT2D eigenvalue weighted by molar-refractivity contribution is 7.99. The molecule has 1 nitrogen and oxygen atoms in total. The lowest BCUT2D eigenvalue weighted by atomic mass is 10.0. The molecule has 12 heavy (non-hydrogen) atoms. The topological polar surface area (TPSA) is 12.0 Å². The van der Waals surface area contributed by atoms with Gasteiger partial charge in [-0.25, -0.2) is 0 Å². The molecule has 0 fully saturated rings. The Labute approximate surface area is 77.6 Å². The molecular formula is C10H13NS. The molecule has 2 rings (SSSR count). The van der Waals surface area contributed by atoms with Crippen LogP contribution in [0.15, 0.2) is 29.2 Å². The third-order valence-electron chi connectivity index (χ3n) is 2.25. The zero-order chi connectivity index (χ0) is 8.39. The summed E-state index contributed by atoms with van der Waals surface area (Å²) in [6, 6.07) is 8.72. The van der Waals surface area contributed by atoms with Crippen LogP contribution in [0.5, 0.6) is 0 Å². The molecule has 0 amide bonds. The number of hydrogen-bond donors (Lipinski definition) is 1. The Kier molecular flexibility index (Phi) is 2.38. The number of benzene rings is 1. The Morgan fingerprint density at radius 2 is 2.33 bits per heavy atom. The molecule has 1 aromatic carbocycles. The van der Waals surface area contributed by atoms with Gasteiger partial charge in [0.15, 0.2) is 0 Å². The minimum absolute atomic E-state index is 0.719. The third-order valence-corrected chi connectivity index (χ3v) is 3.50. The Bertz CT molecular complexity index is 270. The molecule has 0 aliphatic carbocycles. The highest BCUT2D eigenvalue weighted by Gasteiger charge is 2.21. The van der Waals surface area contributed by atoms with E-state index in [0.717, 1.165) is 12.5 Å². The molecule has 64 valence electrons. The number of likely N-dealkylation sites (N-methyl/N-ethyl adjacent to an activating group) is 1. The van der Waals surface area contributed by atoms with Crippen LogP contribution in [-0.4, -0.2) is 19.3 Å². The first-order valence-corrected chi connectivity index (χ1v) is 5.26. The molecule has 0 aromatic heterocycles. The minimum Gasteiger partial charge on any atom is -0.319 e. The number of rotatable bonds is 2. The summed E-state index contributed by atoms with van der Waals surface area (Å²) in [5, 5.41) is 3.24. The predicted molar refractivity (Wildman–Crippen MR) is 53.8 cm³/mol. The number of nitrogens with one attached hydrogen (secondary N) is 1. The molecule has 2 heteroatoms. The van der Waals surface area contributed by atoms with Gasteiger partial charge in [0.25, 0.3) is 0 Å². The smallest absolute Gasteiger partial charge is 0.0108 e. The van der Waals surface area contributed by atoms with Crippen molar-refractivity contribution in [1.29, 1.82) is 0 Å². The maximum atomic E-state index is 3.24. The summed E-state index contributed by atoms with van der Waals surface area (Å²) in [6.45, 7) is 1.10. The monoisotopic (exact) mass is 179 g/mol. The van der Waals surface area contributed by atoms with Crippen molar-refractivity contribution >= 4 is 11.8 Å². The van der Waals surface area contributed by atoms with Gasteiger partial charge in [0.2, 0.25) is 0 Å². The molecule has 0 bridgehead atoms. The van der Waals surface area contributed by atoms with Crippen LogP contribution in [0.1, 0.15) is 11.5 Å². The summed E-state index contributed by atoms with van der Waals surface area (Å²) < 4.78 is 0. The average molecular weight is 179 g/mol. The largest absolute Gasteiger partial charge is 0.319 e. The Balaban J connectivity index is 2.24. The molecule has 0 saturated carbocycles. The lowest BCUT2D eigenvalue weighted by Crippen LogP contribution is -2.16. The van der Waals surface area contributed by atoms with Gasteiger partial charge in [-0.05, 0) is 18.7 Å². The summed E-state index contributed by atoms with van der Waals surface area (Å²) >= 11 is 1.98. The molecule has 1 N–H and O–H groups in total. The van der Waals surface area contributed by atoms with E-state index in [4.69, 9.17) is 0 Å². The van der Waals surface area contributed by atoms with Crippen LogP contribution in [0.3, 0.4) is 0 Å². The van der Waals surface area contributed by atoms with Gasteiger partial charge >= 0.3 is 0 Å². The normalized spacial score (nSPS) is 20.9. The first kappa shape index (κ1) is 8.14. The summed E-state index contributed by atoms with van der Waals surface area (Å²) in [4.78, 5) is 1.47. The van der Waals surface area contributed by atoms with Gasteiger partial charge in [0.05, 0.1) is 0 Å². The minimum atomic E-state index is 0.719.